The van der Waals surface area contributed by atoms with Gasteiger partial charge >= 0.3 is 0 Å². The van der Waals surface area contributed by atoms with Gasteiger partial charge in [-0.1, -0.05) is 60.7 Å². The highest BCUT2D eigenvalue weighted by atomic mass is 15.5. The highest BCUT2D eigenvalue weighted by molar-refractivity contribution is 6.07. The van der Waals surface area contributed by atoms with E-state index in [1.165, 1.54) is 35.3 Å². The SMILES string of the molecule is NCCN1N=C2/C(=C\c3ccccc3)CCCC2C1c1ccccc1. The summed E-state index contributed by atoms with van der Waals surface area (Å²) in [6.45, 7) is 1.43. The Balaban J connectivity index is 1.70. The number of nitrogens with two attached hydrogens (primary N) is 1. The molecule has 0 spiro atoms. The van der Waals surface area contributed by atoms with Gasteiger partial charge in [-0.05, 0) is 42.0 Å². The fraction of sp³-hybridized carbons (Fsp3) is 0.318. The Bertz CT molecular complexity index is 764. The van der Waals surface area contributed by atoms with Crippen LogP contribution >= 0.6 is 0 Å². The number of rotatable bonds is 4. The van der Waals surface area contributed by atoms with Crippen molar-refractivity contribution in [1.82, 2.24) is 5.01 Å². The first-order chi connectivity index (χ1) is 12.4. The first-order valence-corrected chi connectivity index (χ1v) is 9.23. The van der Waals surface area contributed by atoms with E-state index in [1.54, 1.807) is 0 Å². The fourth-order valence-corrected chi connectivity index (χ4v) is 4.14. The average Bonchev–Trinajstić information content (AvgIpc) is 3.03. The molecule has 4 rings (SSSR count). The van der Waals surface area contributed by atoms with Crippen LogP contribution in [0.3, 0.4) is 0 Å². The second kappa shape index (κ2) is 7.24. The lowest BCUT2D eigenvalue weighted by atomic mass is 9.77. The van der Waals surface area contributed by atoms with Gasteiger partial charge in [0.2, 0.25) is 0 Å². The van der Waals surface area contributed by atoms with Crippen molar-refractivity contribution in [3.05, 3.63) is 77.4 Å². The molecule has 128 valence electrons. The Morgan fingerprint density at radius 1 is 1.04 bits per heavy atom. The van der Waals surface area contributed by atoms with Gasteiger partial charge in [0, 0.05) is 19.0 Å². The predicted molar refractivity (Wildman–Crippen MR) is 104 cm³/mol. The molecular formula is C22H25N3. The molecule has 0 aromatic heterocycles. The molecule has 1 fully saturated rings. The Kier molecular flexibility index (Phi) is 4.66. The molecule has 2 atom stereocenters. The molecule has 2 aliphatic rings. The number of nitrogens with zero attached hydrogens (tertiary/aromatic N) is 2. The van der Waals surface area contributed by atoms with E-state index in [1.807, 2.05) is 0 Å². The summed E-state index contributed by atoms with van der Waals surface area (Å²) in [5, 5.41) is 7.26. The van der Waals surface area contributed by atoms with Crippen molar-refractivity contribution in [3.63, 3.8) is 0 Å². The van der Waals surface area contributed by atoms with Crippen LogP contribution < -0.4 is 5.73 Å². The van der Waals surface area contributed by atoms with E-state index in [9.17, 15) is 0 Å². The lowest BCUT2D eigenvalue weighted by Crippen LogP contribution is -2.30. The van der Waals surface area contributed by atoms with Gasteiger partial charge in [-0.3, -0.25) is 5.01 Å². The molecular weight excluding hydrogens is 306 g/mol. The topological polar surface area (TPSA) is 41.6 Å². The number of hydrazone groups is 1. The fourth-order valence-electron chi connectivity index (χ4n) is 4.14. The molecule has 2 aromatic carbocycles. The zero-order valence-electron chi connectivity index (χ0n) is 14.5. The molecule has 0 saturated heterocycles. The summed E-state index contributed by atoms with van der Waals surface area (Å²) in [7, 11) is 0. The maximum atomic E-state index is 5.87. The van der Waals surface area contributed by atoms with E-state index < -0.39 is 0 Å². The van der Waals surface area contributed by atoms with E-state index in [4.69, 9.17) is 10.8 Å². The van der Waals surface area contributed by atoms with Crippen molar-refractivity contribution < 1.29 is 0 Å². The quantitative estimate of drug-likeness (QED) is 0.910. The molecule has 0 radical (unpaired) electrons. The summed E-state index contributed by atoms with van der Waals surface area (Å²) < 4.78 is 0. The van der Waals surface area contributed by atoms with Crippen molar-refractivity contribution in [3.8, 4) is 0 Å². The van der Waals surface area contributed by atoms with Gasteiger partial charge in [-0.2, -0.15) is 5.10 Å². The Hall–Kier alpha value is -2.39. The standard InChI is InChI=1S/C22H25N3/c23-14-15-25-22(18-10-5-2-6-11-18)20-13-7-12-19(21(20)24-25)16-17-8-3-1-4-9-17/h1-6,8-11,16,20,22H,7,12-15,23H2/b19-16-. The zero-order chi connectivity index (χ0) is 17.1. The van der Waals surface area contributed by atoms with Crippen LogP contribution in [0.2, 0.25) is 0 Å². The molecule has 1 aliphatic carbocycles. The lowest BCUT2D eigenvalue weighted by molar-refractivity contribution is 0.202. The molecule has 0 bridgehead atoms. The zero-order valence-corrected chi connectivity index (χ0v) is 14.5. The summed E-state index contributed by atoms with van der Waals surface area (Å²) >= 11 is 0. The molecule has 25 heavy (non-hydrogen) atoms. The van der Waals surface area contributed by atoms with Gasteiger partial charge in [0.1, 0.15) is 0 Å². The number of allylic oxidation sites excluding steroid dienone is 1. The highest BCUT2D eigenvalue weighted by Crippen LogP contribution is 2.43. The van der Waals surface area contributed by atoms with Crippen molar-refractivity contribution >= 4 is 11.8 Å². The second-order valence-electron chi connectivity index (χ2n) is 6.87. The van der Waals surface area contributed by atoms with E-state index in [0.29, 0.717) is 18.5 Å². The first-order valence-electron chi connectivity index (χ1n) is 9.23. The summed E-state index contributed by atoms with van der Waals surface area (Å²) in [6.07, 6.45) is 5.86. The predicted octanol–water partition coefficient (Wildman–Crippen LogP) is 4.24. The summed E-state index contributed by atoms with van der Waals surface area (Å²) in [4.78, 5) is 0. The number of hydrogen-bond acceptors (Lipinski definition) is 3. The lowest BCUT2D eigenvalue weighted by Gasteiger charge is -2.30. The molecule has 0 amide bonds. The molecule has 2 aromatic rings. The van der Waals surface area contributed by atoms with Gasteiger partial charge < -0.3 is 5.73 Å². The maximum absolute atomic E-state index is 5.87. The third-order valence-electron chi connectivity index (χ3n) is 5.22. The van der Waals surface area contributed by atoms with Crippen molar-refractivity contribution in [2.75, 3.05) is 13.1 Å². The number of hydrogen-bond donors (Lipinski definition) is 1. The highest BCUT2D eigenvalue weighted by Gasteiger charge is 2.40. The van der Waals surface area contributed by atoms with Crippen molar-refractivity contribution in [1.29, 1.82) is 0 Å². The number of fused-ring (bicyclic) bond motifs is 1. The third-order valence-corrected chi connectivity index (χ3v) is 5.22. The molecule has 3 nitrogen and oxygen atoms in total. The van der Waals surface area contributed by atoms with Gasteiger partial charge in [0.05, 0.1) is 11.8 Å². The van der Waals surface area contributed by atoms with Gasteiger partial charge in [-0.15, -0.1) is 0 Å². The van der Waals surface area contributed by atoms with Gasteiger partial charge in [0.25, 0.3) is 0 Å². The molecule has 1 aliphatic heterocycles. The van der Waals surface area contributed by atoms with E-state index in [-0.39, 0.29) is 0 Å². The Morgan fingerprint density at radius 2 is 1.76 bits per heavy atom. The molecule has 2 N–H and O–H groups in total. The smallest absolute Gasteiger partial charge is 0.0805 e. The largest absolute Gasteiger partial charge is 0.329 e. The van der Waals surface area contributed by atoms with Crippen LogP contribution in [0.5, 0.6) is 0 Å². The van der Waals surface area contributed by atoms with Gasteiger partial charge in [-0.25, -0.2) is 0 Å². The van der Waals surface area contributed by atoms with E-state index >= 15 is 0 Å². The van der Waals surface area contributed by atoms with Crippen LogP contribution in [0.25, 0.3) is 6.08 Å². The average molecular weight is 331 g/mol. The Labute approximate surface area is 149 Å². The minimum Gasteiger partial charge on any atom is -0.329 e. The minimum atomic E-state index is 0.319. The van der Waals surface area contributed by atoms with Crippen LogP contribution in [0.15, 0.2) is 71.3 Å². The Morgan fingerprint density at radius 3 is 2.48 bits per heavy atom. The minimum absolute atomic E-state index is 0.319. The first kappa shape index (κ1) is 16.1. The van der Waals surface area contributed by atoms with Crippen LogP contribution in [0.1, 0.15) is 36.4 Å². The van der Waals surface area contributed by atoms with E-state index in [0.717, 1.165) is 13.0 Å². The monoisotopic (exact) mass is 331 g/mol. The van der Waals surface area contributed by atoms with Gasteiger partial charge in [0.15, 0.2) is 0 Å². The summed E-state index contributed by atoms with van der Waals surface area (Å²) in [5.74, 6) is 0.470. The van der Waals surface area contributed by atoms with Crippen LogP contribution in [-0.2, 0) is 0 Å². The van der Waals surface area contributed by atoms with Crippen LogP contribution in [-0.4, -0.2) is 23.8 Å². The normalized spacial score (nSPS) is 24.3. The van der Waals surface area contributed by atoms with Crippen molar-refractivity contribution in [2.24, 2.45) is 16.8 Å². The molecule has 1 saturated carbocycles. The second-order valence-corrected chi connectivity index (χ2v) is 6.87. The molecule has 3 heteroatoms. The molecule has 1 heterocycles. The number of benzene rings is 2. The third kappa shape index (κ3) is 3.24. The molecule has 2 unspecified atom stereocenters. The van der Waals surface area contributed by atoms with Crippen LogP contribution in [0, 0.1) is 5.92 Å². The maximum Gasteiger partial charge on any atom is 0.0805 e. The van der Waals surface area contributed by atoms with Crippen molar-refractivity contribution in [2.45, 2.75) is 25.3 Å². The van der Waals surface area contributed by atoms with E-state index in [2.05, 4.69) is 71.7 Å². The van der Waals surface area contributed by atoms with Crippen LogP contribution in [0.4, 0.5) is 0 Å². The summed E-state index contributed by atoms with van der Waals surface area (Å²) in [5.41, 5.74) is 11.1. The summed E-state index contributed by atoms with van der Waals surface area (Å²) in [6, 6.07) is 21.7.